The van der Waals surface area contributed by atoms with Gasteiger partial charge in [0.1, 0.15) is 0 Å². The number of nitro groups is 1. The highest BCUT2D eigenvalue weighted by Gasteiger charge is 2.14. The third kappa shape index (κ3) is 4.06. The van der Waals surface area contributed by atoms with Crippen molar-refractivity contribution in [2.24, 2.45) is 0 Å². The van der Waals surface area contributed by atoms with Gasteiger partial charge >= 0.3 is 0 Å². The first kappa shape index (κ1) is 18.4. The van der Waals surface area contributed by atoms with Gasteiger partial charge in [-0.2, -0.15) is 0 Å². The fourth-order valence-corrected chi connectivity index (χ4v) is 3.32. The Kier molecular flexibility index (Phi) is 5.08. The van der Waals surface area contributed by atoms with Crippen molar-refractivity contribution in [2.75, 3.05) is 0 Å². The van der Waals surface area contributed by atoms with E-state index in [1.807, 2.05) is 0 Å². The van der Waals surface area contributed by atoms with E-state index in [0.717, 1.165) is 4.88 Å². The highest BCUT2D eigenvalue weighted by atomic mass is 32.1. The Morgan fingerprint density at radius 2 is 2.07 bits per heavy atom. The smallest absolute Gasteiger partial charge is 0.271 e. The Hall–Kier alpha value is -3.40. The maximum absolute atomic E-state index is 12.5. The van der Waals surface area contributed by atoms with E-state index < -0.39 is 10.5 Å². The van der Waals surface area contributed by atoms with E-state index in [-0.39, 0.29) is 34.8 Å². The van der Waals surface area contributed by atoms with Gasteiger partial charge in [-0.15, -0.1) is 11.3 Å². The summed E-state index contributed by atoms with van der Waals surface area (Å²) < 4.78 is 1.17. The molecule has 1 aromatic carbocycles. The lowest BCUT2D eigenvalue weighted by Gasteiger charge is -2.05. The molecule has 0 fully saturated rings. The van der Waals surface area contributed by atoms with Crippen LogP contribution < -0.4 is 10.9 Å². The summed E-state index contributed by atoms with van der Waals surface area (Å²) in [5, 5.41) is 13.7. The van der Waals surface area contributed by atoms with Crippen molar-refractivity contribution < 1.29 is 14.5 Å². The first-order chi connectivity index (χ1) is 12.8. The molecule has 27 heavy (non-hydrogen) atoms. The lowest BCUT2D eigenvalue weighted by molar-refractivity contribution is -0.384. The predicted molar refractivity (Wildman–Crippen MR) is 98.8 cm³/mol. The molecule has 0 unspecified atom stereocenters. The normalized spacial score (nSPS) is 10.7. The van der Waals surface area contributed by atoms with Crippen LogP contribution in [0.1, 0.15) is 21.5 Å². The molecule has 0 spiro atoms. The molecule has 2 heterocycles. The topological polar surface area (TPSA) is 124 Å². The second kappa shape index (κ2) is 7.46. The monoisotopic (exact) mass is 386 g/mol. The van der Waals surface area contributed by atoms with Crippen molar-refractivity contribution in [1.82, 2.24) is 14.9 Å². The number of thiophene rings is 1. The molecule has 0 radical (unpaired) electrons. The maximum atomic E-state index is 12.5. The lowest BCUT2D eigenvalue weighted by Crippen LogP contribution is -2.24. The quantitative estimate of drug-likeness (QED) is 0.392. The SMILES string of the molecule is CC(=O)NCc1ccc(C(=O)Cn2cnc3cc([N+](=O)[O-])ccc3c2=O)s1. The standard InChI is InChI=1S/C17H14N4O5S/c1-10(22)18-7-12-3-5-16(27-12)15(23)8-20-9-19-14-6-11(21(25)26)2-4-13(14)17(20)24/h2-6,9H,7-8H2,1H3,(H,18,22). The summed E-state index contributed by atoms with van der Waals surface area (Å²) in [5.74, 6) is -0.426. The number of fused-ring (bicyclic) bond motifs is 1. The number of benzene rings is 1. The van der Waals surface area contributed by atoms with Crippen LogP contribution in [0.3, 0.4) is 0 Å². The van der Waals surface area contributed by atoms with Crippen molar-refractivity contribution in [2.45, 2.75) is 20.0 Å². The minimum Gasteiger partial charge on any atom is -0.351 e. The molecule has 3 rings (SSSR count). The fraction of sp³-hybridized carbons (Fsp3) is 0.176. The Labute approximate surface area is 156 Å². The van der Waals surface area contributed by atoms with Gasteiger partial charge in [0, 0.05) is 23.9 Å². The van der Waals surface area contributed by atoms with Crippen LogP contribution in [0.2, 0.25) is 0 Å². The number of non-ortho nitro benzene ring substituents is 1. The van der Waals surface area contributed by atoms with Crippen LogP contribution in [0.15, 0.2) is 41.5 Å². The highest BCUT2D eigenvalue weighted by Crippen LogP contribution is 2.18. The van der Waals surface area contributed by atoms with E-state index in [9.17, 15) is 24.5 Å². The van der Waals surface area contributed by atoms with Gasteiger partial charge in [-0.3, -0.25) is 29.1 Å². The molecular weight excluding hydrogens is 372 g/mol. The van der Waals surface area contributed by atoms with Gasteiger partial charge in [0.25, 0.3) is 11.2 Å². The average molecular weight is 386 g/mol. The third-order valence-electron chi connectivity index (χ3n) is 3.78. The molecule has 138 valence electrons. The lowest BCUT2D eigenvalue weighted by atomic mass is 10.2. The number of amides is 1. The molecule has 0 aliphatic carbocycles. The van der Waals surface area contributed by atoms with Crippen LogP contribution in [0.25, 0.3) is 10.9 Å². The third-order valence-corrected chi connectivity index (χ3v) is 4.91. The molecule has 0 saturated heterocycles. The molecule has 0 aliphatic heterocycles. The first-order valence-electron chi connectivity index (χ1n) is 7.85. The van der Waals surface area contributed by atoms with Crippen molar-refractivity contribution >= 4 is 39.6 Å². The number of carbonyl (C=O) groups is 2. The zero-order valence-corrected chi connectivity index (χ0v) is 15.0. The maximum Gasteiger partial charge on any atom is 0.271 e. The Morgan fingerprint density at radius 1 is 1.30 bits per heavy atom. The molecule has 10 heteroatoms. The van der Waals surface area contributed by atoms with Crippen LogP contribution in [0.4, 0.5) is 5.69 Å². The molecular formula is C17H14N4O5S. The number of rotatable bonds is 6. The van der Waals surface area contributed by atoms with Crippen LogP contribution >= 0.6 is 11.3 Å². The second-order valence-electron chi connectivity index (χ2n) is 5.74. The molecule has 2 aromatic heterocycles. The second-order valence-corrected chi connectivity index (χ2v) is 6.90. The van der Waals surface area contributed by atoms with Gasteiger partial charge in [-0.25, -0.2) is 4.98 Å². The summed E-state index contributed by atoms with van der Waals surface area (Å²) in [7, 11) is 0. The number of nitro benzene ring substituents is 1. The average Bonchev–Trinajstić information content (AvgIpc) is 3.11. The number of hydrogen-bond acceptors (Lipinski definition) is 7. The van der Waals surface area contributed by atoms with Crippen LogP contribution in [0, 0.1) is 10.1 Å². The first-order valence-corrected chi connectivity index (χ1v) is 8.67. The van der Waals surface area contributed by atoms with Crippen molar-refractivity contribution in [3.05, 3.63) is 66.9 Å². The molecule has 3 aromatic rings. The van der Waals surface area contributed by atoms with Crippen molar-refractivity contribution in [3.63, 3.8) is 0 Å². The summed E-state index contributed by atoms with van der Waals surface area (Å²) >= 11 is 1.24. The predicted octanol–water partition coefficient (Wildman–Crippen LogP) is 1.89. The van der Waals surface area contributed by atoms with E-state index >= 15 is 0 Å². The molecule has 1 amide bonds. The Morgan fingerprint density at radius 3 is 2.78 bits per heavy atom. The minimum atomic E-state index is -0.564. The van der Waals surface area contributed by atoms with Gasteiger partial charge in [0.05, 0.1) is 40.1 Å². The van der Waals surface area contributed by atoms with Crippen LogP contribution in [-0.4, -0.2) is 26.2 Å². The summed E-state index contributed by atoms with van der Waals surface area (Å²) in [6.45, 7) is 1.55. The van der Waals surface area contributed by atoms with Gasteiger partial charge < -0.3 is 5.32 Å². The van der Waals surface area contributed by atoms with Crippen LogP contribution in [0.5, 0.6) is 0 Å². The zero-order valence-electron chi connectivity index (χ0n) is 14.2. The number of hydrogen-bond donors (Lipinski definition) is 1. The van der Waals surface area contributed by atoms with Crippen molar-refractivity contribution in [1.29, 1.82) is 0 Å². The fourth-order valence-electron chi connectivity index (χ4n) is 2.44. The Balaban J connectivity index is 1.82. The van der Waals surface area contributed by atoms with E-state index in [1.54, 1.807) is 12.1 Å². The van der Waals surface area contributed by atoms with E-state index in [0.29, 0.717) is 11.4 Å². The number of Topliss-reactive ketones (excluding diaryl/α,β-unsaturated/α-hetero) is 1. The van der Waals surface area contributed by atoms with Gasteiger partial charge in [-0.05, 0) is 18.2 Å². The van der Waals surface area contributed by atoms with Crippen LogP contribution in [-0.2, 0) is 17.9 Å². The highest BCUT2D eigenvalue weighted by molar-refractivity contribution is 7.14. The van der Waals surface area contributed by atoms with Gasteiger partial charge in [0.15, 0.2) is 5.78 Å². The number of carbonyl (C=O) groups excluding carboxylic acids is 2. The number of nitrogens with zero attached hydrogens (tertiary/aromatic N) is 3. The van der Waals surface area contributed by atoms with E-state index in [1.165, 1.54) is 47.4 Å². The van der Waals surface area contributed by atoms with E-state index in [4.69, 9.17) is 0 Å². The molecule has 0 aliphatic rings. The van der Waals surface area contributed by atoms with E-state index in [2.05, 4.69) is 10.3 Å². The molecule has 0 saturated carbocycles. The number of ketones is 1. The summed E-state index contributed by atoms with van der Waals surface area (Å²) in [4.78, 5) is 51.5. The summed E-state index contributed by atoms with van der Waals surface area (Å²) in [6.07, 6.45) is 1.21. The molecule has 0 bridgehead atoms. The van der Waals surface area contributed by atoms with Gasteiger partial charge in [0.2, 0.25) is 5.91 Å². The Bertz CT molecular complexity index is 1120. The molecule has 9 nitrogen and oxygen atoms in total. The summed E-state index contributed by atoms with van der Waals surface area (Å²) in [6, 6.07) is 7.17. The minimum absolute atomic E-state index is 0.159. The van der Waals surface area contributed by atoms with Crippen molar-refractivity contribution in [3.8, 4) is 0 Å². The molecule has 1 N–H and O–H groups in total. The summed E-state index contributed by atoms with van der Waals surface area (Å²) in [5.41, 5.74) is -0.404. The number of aromatic nitrogens is 2. The largest absolute Gasteiger partial charge is 0.351 e. The number of nitrogens with one attached hydrogen (secondary N) is 1. The van der Waals surface area contributed by atoms with Gasteiger partial charge in [-0.1, -0.05) is 0 Å². The molecule has 0 atom stereocenters. The zero-order chi connectivity index (χ0) is 19.6.